The van der Waals surface area contributed by atoms with Crippen LogP contribution in [0.1, 0.15) is 47.9 Å². The molecule has 1 rings (SSSR count). The van der Waals surface area contributed by atoms with Crippen molar-refractivity contribution in [2.24, 2.45) is 5.41 Å². The smallest absolute Gasteiger partial charge is 0.335 e. The normalized spacial score (nSPS) is 11.2. The summed E-state index contributed by atoms with van der Waals surface area (Å²) < 4.78 is 0. The van der Waals surface area contributed by atoms with Crippen LogP contribution in [-0.4, -0.2) is 16.9 Å². The van der Waals surface area contributed by atoms with Gasteiger partial charge in [0.25, 0.3) is 0 Å². The van der Waals surface area contributed by atoms with Gasteiger partial charge in [0.15, 0.2) is 5.78 Å². The Labute approximate surface area is 95.1 Å². The Hall–Kier alpha value is -1.64. The molecule has 0 aliphatic heterocycles. The molecule has 0 aliphatic rings. The van der Waals surface area contributed by atoms with E-state index in [-0.39, 0.29) is 11.3 Å². The SMILES string of the molecule is CCC(C)(C)C(=O)c1ccc(C(=O)O)cc1. The van der Waals surface area contributed by atoms with Crippen LogP contribution < -0.4 is 0 Å². The summed E-state index contributed by atoms with van der Waals surface area (Å²) in [6.07, 6.45) is 0.756. The number of benzene rings is 1. The first-order valence-electron chi connectivity index (χ1n) is 5.26. The van der Waals surface area contributed by atoms with Crippen LogP contribution in [0.25, 0.3) is 0 Å². The molecule has 0 unspecified atom stereocenters. The molecule has 0 atom stereocenters. The third kappa shape index (κ3) is 2.48. The Morgan fingerprint density at radius 1 is 1.12 bits per heavy atom. The summed E-state index contributed by atoms with van der Waals surface area (Å²) in [5.74, 6) is -0.930. The third-order valence-corrected chi connectivity index (χ3v) is 2.89. The van der Waals surface area contributed by atoms with E-state index in [1.165, 1.54) is 12.1 Å². The van der Waals surface area contributed by atoms with Crippen LogP contribution in [0.5, 0.6) is 0 Å². The van der Waals surface area contributed by atoms with Crippen LogP contribution in [-0.2, 0) is 0 Å². The topological polar surface area (TPSA) is 54.4 Å². The van der Waals surface area contributed by atoms with Crippen LogP contribution in [0.3, 0.4) is 0 Å². The van der Waals surface area contributed by atoms with Gasteiger partial charge in [-0.3, -0.25) is 4.79 Å². The van der Waals surface area contributed by atoms with Crippen molar-refractivity contribution in [1.29, 1.82) is 0 Å². The molecule has 0 amide bonds. The first kappa shape index (κ1) is 12.4. The van der Waals surface area contributed by atoms with Crippen molar-refractivity contribution in [3.63, 3.8) is 0 Å². The summed E-state index contributed by atoms with van der Waals surface area (Å²) in [4.78, 5) is 22.7. The molecule has 1 N–H and O–H groups in total. The van der Waals surface area contributed by atoms with Gasteiger partial charge in [0.1, 0.15) is 0 Å². The zero-order valence-electron chi connectivity index (χ0n) is 9.78. The van der Waals surface area contributed by atoms with Gasteiger partial charge in [-0.1, -0.05) is 32.9 Å². The number of Topliss-reactive ketones (excluding diaryl/α,β-unsaturated/α-hetero) is 1. The molecule has 0 heterocycles. The Morgan fingerprint density at radius 2 is 1.56 bits per heavy atom. The number of carboxylic acid groups (broad SMARTS) is 1. The van der Waals surface area contributed by atoms with Gasteiger partial charge < -0.3 is 5.11 Å². The summed E-state index contributed by atoms with van der Waals surface area (Å²) in [6, 6.07) is 6.06. The van der Waals surface area contributed by atoms with E-state index >= 15 is 0 Å². The second-order valence-electron chi connectivity index (χ2n) is 4.45. The first-order chi connectivity index (χ1) is 7.38. The highest BCUT2D eigenvalue weighted by Gasteiger charge is 2.26. The largest absolute Gasteiger partial charge is 0.478 e. The maximum absolute atomic E-state index is 12.0. The molecule has 1 aromatic carbocycles. The van der Waals surface area contributed by atoms with Crippen molar-refractivity contribution in [3.8, 4) is 0 Å². The number of hydrogen-bond donors (Lipinski definition) is 1. The molecule has 86 valence electrons. The van der Waals surface area contributed by atoms with Crippen molar-refractivity contribution in [3.05, 3.63) is 35.4 Å². The van der Waals surface area contributed by atoms with Crippen LogP contribution >= 0.6 is 0 Å². The quantitative estimate of drug-likeness (QED) is 0.793. The van der Waals surface area contributed by atoms with Gasteiger partial charge in [-0.05, 0) is 18.6 Å². The average molecular weight is 220 g/mol. The summed E-state index contributed by atoms with van der Waals surface area (Å²) in [5, 5.41) is 8.74. The average Bonchev–Trinajstić information content (AvgIpc) is 2.28. The fourth-order valence-electron chi connectivity index (χ4n) is 1.32. The van der Waals surface area contributed by atoms with E-state index in [2.05, 4.69) is 0 Å². The molecule has 0 fully saturated rings. The van der Waals surface area contributed by atoms with Gasteiger partial charge >= 0.3 is 5.97 Å². The number of carboxylic acids is 1. The van der Waals surface area contributed by atoms with Gasteiger partial charge in [-0.2, -0.15) is 0 Å². The van der Waals surface area contributed by atoms with Crippen molar-refractivity contribution in [1.82, 2.24) is 0 Å². The summed E-state index contributed by atoms with van der Waals surface area (Å²) in [6.45, 7) is 5.74. The number of carbonyl (C=O) groups is 2. The predicted molar refractivity (Wildman–Crippen MR) is 61.8 cm³/mol. The van der Waals surface area contributed by atoms with E-state index in [4.69, 9.17) is 5.11 Å². The van der Waals surface area contributed by atoms with Crippen LogP contribution in [0, 0.1) is 5.41 Å². The van der Waals surface area contributed by atoms with E-state index in [0.29, 0.717) is 5.56 Å². The zero-order chi connectivity index (χ0) is 12.3. The number of ketones is 1. The van der Waals surface area contributed by atoms with Gasteiger partial charge in [0, 0.05) is 11.0 Å². The van der Waals surface area contributed by atoms with Crippen LogP contribution in [0.15, 0.2) is 24.3 Å². The van der Waals surface area contributed by atoms with Crippen molar-refractivity contribution in [2.75, 3.05) is 0 Å². The Bertz CT molecular complexity index is 402. The van der Waals surface area contributed by atoms with Gasteiger partial charge in [0.05, 0.1) is 5.56 Å². The highest BCUT2D eigenvalue weighted by atomic mass is 16.4. The zero-order valence-corrected chi connectivity index (χ0v) is 9.78. The summed E-state index contributed by atoms with van der Waals surface area (Å²) in [5.41, 5.74) is 0.368. The van der Waals surface area contributed by atoms with Crippen LogP contribution in [0.4, 0.5) is 0 Å². The lowest BCUT2D eigenvalue weighted by molar-refractivity contribution is 0.0696. The highest BCUT2D eigenvalue weighted by Crippen LogP contribution is 2.25. The van der Waals surface area contributed by atoms with E-state index in [0.717, 1.165) is 6.42 Å². The molecule has 0 saturated heterocycles. The minimum absolute atomic E-state index is 0.0481. The first-order valence-corrected chi connectivity index (χ1v) is 5.26. The molecule has 0 radical (unpaired) electrons. The monoisotopic (exact) mass is 220 g/mol. The molecule has 0 bridgehead atoms. The van der Waals surface area contributed by atoms with Gasteiger partial charge in [0.2, 0.25) is 0 Å². The molecule has 0 spiro atoms. The summed E-state index contributed by atoms with van der Waals surface area (Å²) >= 11 is 0. The number of carbonyl (C=O) groups excluding carboxylic acids is 1. The van der Waals surface area contributed by atoms with E-state index in [1.807, 2.05) is 20.8 Å². The molecule has 3 heteroatoms. The van der Waals surface area contributed by atoms with Crippen molar-refractivity contribution >= 4 is 11.8 Å². The molecule has 1 aromatic rings. The van der Waals surface area contributed by atoms with Crippen molar-refractivity contribution < 1.29 is 14.7 Å². The predicted octanol–water partition coefficient (Wildman–Crippen LogP) is 3.00. The second kappa shape index (κ2) is 4.47. The molecule has 3 nitrogen and oxygen atoms in total. The number of hydrogen-bond acceptors (Lipinski definition) is 2. The maximum atomic E-state index is 12.0. The standard InChI is InChI=1S/C13H16O3/c1-4-13(2,3)11(14)9-5-7-10(8-6-9)12(15)16/h5-8H,4H2,1-3H3,(H,15,16). The third-order valence-electron chi connectivity index (χ3n) is 2.89. The summed E-state index contributed by atoms with van der Waals surface area (Å²) in [7, 11) is 0. The van der Waals surface area contributed by atoms with E-state index in [1.54, 1.807) is 12.1 Å². The maximum Gasteiger partial charge on any atom is 0.335 e. The minimum atomic E-state index is -0.978. The Morgan fingerprint density at radius 3 is 1.94 bits per heavy atom. The van der Waals surface area contributed by atoms with E-state index in [9.17, 15) is 9.59 Å². The Balaban J connectivity index is 2.99. The van der Waals surface area contributed by atoms with E-state index < -0.39 is 11.4 Å². The lowest BCUT2D eigenvalue weighted by Gasteiger charge is -2.20. The molecular weight excluding hydrogens is 204 g/mol. The van der Waals surface area contributed by atoms with Gasteiger partial charge in [-0.25, -0.2) is 4.79 Å². The molecule has 0 saturated carbocycles. The Kier molecular flexibility index (Phi) is 3.48. The number of aromatic carboxylic acids is 1. The molecule has 0 aliphatic carbocycles. The molecular formula is C13H16O3. The molecule has 0 aromatic heterocycles. The minimum Gasteiger partial charge on any atom is -0.478 e. The fraction of sp³-hybridized carbons (Fsp3) is 0.385. The van der Waals surface area contributed by atoms with Crippen molar-refractivity contribution in [2.45, 2.75) is 27.2 Å². The second-order valence-corrected chi connectivity index (χ2v) is 4.45. The lowest BCUT2D eigenvalue weighted by Crippen LogP contribution is -2.23. The van der Waals surface area contributed by atoms with Gasteiger partial charge in [-0.15, -0.1) is 0 Å². The molecule has 16 heavy (non-hydrogen) atoms. The number of rotatable bonds is 4. The highest BCUT2D eigenvalue weighted by molar-refractivity contribution is 6.00. The van der Waals surface area contributed by atoms with Crippen LogP contribution in [0.2, 0.25) is 0 Å². The lowest BCUT2D eigenvalue weighted by atomic mass is 9.82. The fourth-order valence-corrected chi connectivity index (χ4v) is 1.32.